The van der Waals surface area contributed by atoms with Gasteiger partial charge in [-0.3, -0.25) is 9.78 Å². The van der Waals surface area contributed by atoms with Crippen LogP contribution in [0, 0.1) is 6.92 Å². The smallest absolute Gasteiger partial charge is 0.255 e. The number of amides is 1. The highest BCUT2D eigenvalue weighted by Gasteiger charge is 2.26. The Bertz CT molecular complexity index is 699. The molecule has 0 N–H and O–H groups in total. The van der Waals surface area contributed by atoms with Crippen molar-refractivity contribution < 1.29 is 4.79 Å². The average molecular weight is 351 g/mol. The molecule has 1 atom stereocenters. The fourth-order valence-corrected chi connectivity index (χ4v) is 3.67. The summed E-state index contributed by atoms with van der Waals surface area (Å²) in [6, 6.07) is 14.7. The summed E-state index contributed by atoms with van der Waals surface area (Å²) in [5.41, 5.74) is 3.02. The van der Waals surface area contributed by atoms with Crippen LogP contribution in [0.25, 0.3) is 0 Å². The lowest BCUT2D eigenvalue weighted by atomic mass is 10.0. The Morgan fingerprint density at radius 2 is 2.04 bits per heavy atom. The minimum atomic E-state index is 0.0774. The minimum Gasteiger partial charge on any atom is -0.337 e. The lowest BCUT2D eigenvalue weighted by molar-refractivity contribution is 0.0616. The molecule has 3 rings (SSSR count). The molecule has 1 aliphatic heterocycles. The molecule has 1 fully saturated rings. The molecule has 1 aromatic carbocycles. The maximum atomic E-state index is 12.7. The van der Waals surface area contributed by atoms with Crippen molar-refractivity contribution >= 4 is 5.91 Å². The minimum absolute atomic E-state index is 0.0774. The SMILES string of the molecule is Cc1ccc(C(=O)N(C)[C@@H]2CCCN(CCCc3ccccc3)C2)cn1. The summed E-state index contributed by atoms with van der Waals surface area (Å²) in [6.45, 7) is 5.14. The Kier molecular flexibility index (Phi) is 6.40. The number of carbonyl (C=O) groups excluding carboxylic acids is 1. The van der Waals surface area contributed by atoms with E-state index in [9.17, 15) is 4.79 Å². The number of hydrogen-bond acceptors (Lipinski definition) is 3. The van der Waals surface area contributed by atoms with Gasteiger partial charge < -0.3 is 9.80 Å². The second-order valence-corrected chi connectivity index (χ2v) is 7.29. The molecule has 138 valence electrons. The molecule has 26 heavy (non-hydrogen) atoms. The number of aromatic nitrogens is 1. The van der Waals surface area contributed by atoms with E-state index in [0.29, 0.717) is 5.56 Å². The quantitative estimate of drug-likeness (QED) is 0.798. The van der Waals surface area contributed by atoms with Crippen LogP contribution in [0.5, 0.6) is 0 Å². The van der Waals surface area contributed by atoms with E-state index in [1.807, 2.05) is 31.0 Å². The van der Waals surface area contributed by atoms with Crippen molar-refractivity contribution in [1.29, 1.82) is 0 Å². The van der Waals surface area contributed by atoms with Crippen LogP contribution in [-0.2, 0) is 6.42 Å². The van der Waals surface area contributed by atoms with Crippen molar-refractivity contribution in [3.05, 3.63) is 65.5 Å². The molecule has 2 aromatic rings. The zero-order chi connectivity index (χ0) is 18.4. The van der Waals surface area contributed by atoms with Crippen LogP contribution in [0.1, 0.15) is 40.9 Å². The molecular weight excluding hydrogens is 322 g/mol. The number of piperidine rings is 1. The topological polar surface area (TPSA) is 36.4 Å². The van der Waals surface area contributed by atoms with Gasteiger partial charge in [-0.25, -0.2) is 0 Å². The number of nitrogens with zero attached hydrogens (tertiary/aromatic N) is 3. The van der Waals surface area contributed by atoms with Crippen molar-refractivity contribution in [2.45, 2.75) is 38.6 Å². The Morgan fingerprint density at radius 1 is 1.23 bits per heavy atom. The highest BCUT2D eigenvalue weighted by molar-refractivity contribution is 5.94. The van der Waals surface area contributed by atoms with Gasteiger partial charge in [0.2, 0.25) is 0 Å². The van der Waals surface area contributed by atoms with Crippen LogP contribution >= 0.6 is 0 Å². The number of carbonyl (C=O) groups is 1. The van der Waals surface area contributed by atoms with Gasteiger partial charge in [0.15, 0.2) is 0 Å². The number of pyridine rings is 1. The fourth-order valence-electron chi connectivity index (χ4n) is 3.67. The molecule has 4 heteroatoms. The number of likely N-dealkylation sites (tertiary alicyclic amines) is 1. The van der Waals surface area contributed by atoms with E-state index >= 15 is 0 Å². The number of aryl methyl sites for hydroxylation is 2. The van der Waals surface area contributed by atoms with Gasteiger partial charge in [-0.05, 0) is 63.4 Å². The molecule has 4 nitrogen and oxygen atoms in total. The molecule has 0 bridgehead atoms. The molecular formula is C22H29N3O. The van der Waals surface area contributed by atoms with Gasteiger partial charge in [-0.2, -0.15) is 0 Å². The van der Waals surface area contributed by atoms with Crippen molar-refractivity contribution in [2.75, 3.05) is 26.7 Å². The van der Waals surface area contributed by atoms with Gasteiger partial charge in [0.05, 0.1) is 5.56 Å². The molecule has 1 aromatic heterocycles. The van der Waals surface area contributed by atoms with Crippen LogP contribution in [0.4, 0.5) is 0 Å². The first-order chi connectivity index (χ1) is 12.6. The largest absolute Gasteiger partial charge is 0.337 e. The average Bonchev–Trinajstić information content (AvgIpc) is 2.68. The van der Waals surface area contributed by atoms with Crippen molar-refractivity contribution in [1.82, 2.24) is 14.8 Å². The normalized spacial score (nSPS) is 17.8. The van der Waals surface area contributed by atoms with Gasteiger partial charge >= 0.3 is 0 Å². The summed E-state index contributed by atoms with van der Waals surface area (Å²) in [6.07, 6.45) is 6.20. The molecule has 0 saturated carbocycles. The van der Waals surface area contributed by atoms with Gasteiger partial charge in [0, 0.05) is 31.5 Å². The monoisotopic (exact) mass is 351 g/mol. The molecule has 1 saturated heterocycles. The lowest BCUT2D eigenvalue weighted by Crippen LogP contribution is -2.48. The van der Waals surface area contributed by atoms with Crippen molar-refractivity contribution in [2.24, 2.45) is 0 Å². The highest BCUT2D eigenvalue weighted by atomic mass is 16.2. The van der Waals surface area contributed by atoms with E-state index in [2.05, 4.69) is 40.2 Å². The molecule has 1 aliphatic rings. The van der Waals surface area contributed by atoms with E-state index in [1.165, 1.54) is 5.56 Å². The van der Waals surface area contributed by atoms with Crippen LogP contribution in [0.2, 0.25) is 0 Å². The van der Waals surface area contributed by atoms with E-state index in [1.54, 1.807) is 6.20 Å². The molecule has 1 amide bonds. The zero-order valence-electron chi connectivity index (χ0n) is 15.9. The fraction of sp³-hybridized carbons (Fsp3) is 0.455. The molecule has 0 unspecified atom stereocenters. The Hall–Kier alpha value is -2.20. The van der Waals surface area contributed by atoms with Crippen LogP contribution in [0.15, 0.2) is 48.7 Å². The van der Waals surface area contributed by atoms with E-state index < -0.39 is 0 Å². The first-order valence-corrected chi connectivity index (χ1v) is 9.59. The van der Waals surface area contributed by atoms with E-state index in [0.717, 1.165) is 51.0 Å². The van der Waals surface area contributed by atoms with Gasteiger partial charge in [-0.15, -0.1) is 0 Å². The Balaban J connectivity index is 1.50. The van der Waals surface area contributed by atoms with Crippen molar-refractivity contribution in [3.8, 4) is 0 Å². The van der Waals surface area contributed by atoms with Gasteiger partial charge in [0.1, 0.15) is 0 Å². The summed E-state index contributed by atoms with van der Waals surface area (Å²) in [5.74, 6) is 0.0774. The number of rotatable bonds is 6. The summed E-state index contributed by atoms with van der Waals surface area (Å²) in [7, 11) is 1.93. The molecule has 0 radical (unpaired) electrons. The maximum Gasteiger partial charge on any atom is 0.255 e. The standard InChI is InChI=1S/C22H29N3O/c1-18-12-13-20(16-23-18)22(26)24(2)21-11-7-15-25(17-21)14-6-10-19-8-4-3-5-9-19/h3-5,8-9,12-13,16,21H,6-7,10-11,14-15,17H2,1-2H3/t21-/m1/s1. The van der Waals surface area contributed by atoms with E-state index in [4.69, 9.17) is 0 Å². The Labute approximate surface area is 156 Å². The second-order valence-electron chi connectivity index (χ2n) is 7.29. The summed E-state index contributed by atoms with van der Waals surface area (Å²) in [4.78, 5) is 21.4. The van der Waals surface area contributed by atoms with E-state index in [-0.39, 0.29) is 11.9 Å². The third-order valence-corrected chi connectivity index (χ3v) is 5.29. The third-order valence-electron chi connectivity index (χ3n) is 5.29. The van der Waals surface area contributed by atoms with Crippen molar-refractivity contribution in [3.63, 3.8) is 0 Å². The lowest BCUT2D eigenvalue weighted by Gasteiger charge is -2.37. The maximum absolute atomic E-state index is 12.7. The molecule has 2 heterocycles. The molecule has 0 spiro atoms. The predicted octanol–water partition coefficient (Wildman–Crippen LogP) is 3.56. The summed E-state index contributed by atoms with van der Waals surface area (Å²) < 4.78 is 0. The third kappa shape index (κ3) is 4.92. The zero-order valence-corrected chi connectivity index (χ0v) is 15.9. The number of benzene rings is 1. The first kappa shape index (κ1) is 18.6. The second kappa shape index (κ2) is 8.95. The van der Waals surface area contributed by atoms with Crippen LogP contribution in [-0.4, -0.2) is 53.4 Å². The number of likely N-dealkylation sites (N-methyl/N-ethyl adjacent to an activating group) is 1. The summed E-state index contributed by atoms with van der Waals surface area (Å²) >= 11 is 0. The van der Waals surface area contributed by atoms with Gasteiger partial charge in [0.25, 0.3) is 5.91 Å². The number of hydrogen-bond donors (Lipinski definition) is 0. The molecule has 0 aliphatic carbocycles. The predicted molar refractivity (Wildman–Crippen MR) is 105 cm³/mol. The Morgan fingerprint density at radius 3 is 2.77 bits per heavy atom. The van der Waals surface area contributed by atoms with Crippen LogP contribution < -0.4 is 0 Å². The van der Waals surface area contributed by atoms with Gasteiger partial charge in [-0.1, -0.05) is 30.3 Å². The first-order valence-electron chi connectivity index (χ1n) is 9.59. The van der Waals surface area contributed by atoms with Crippen LogP contribution in [0.3, 0.4) is 0 Å². The highest BCUT2D eigenvalue weighted by Crippen LogP contribution is 2.18. The summed E-state index contributed by atoms with van der Waals surface area (Å²) in [5, 5.41) is 0.